The standard InChI is InChI=1S/C14H14F4O3/c15-13-9-12(5-4-11(13)3-1-6-19)21-8-2-7-20-10-14(16,17)18/h4-5,9,19H,2,6-8,10H2. The molecule has 0 heterocycles. The van der Waals surface area contributed by atoms with Crippen molar-refractivity contribution in [3.05, 3.63) is 29.6 Å². The van der Waals surface area contributed by atoms with Crippen molar-refractivity contribution in [1.82, 2.24) is 0 Å². The summed E-state index contributed by atoms with van der Waals surface area (Å²) in [5.74, 6) is 4.40. The fourth-order valence-electron chi connectivity index (χ4n) is 1.36. The first-order valence-electron chi connectivity index (χ1n) is 6.09. The molecule has 1 aromatic carbocycles. The molecular weight excluding hydrogens is 292 g/mol. The number of rotatable bonds is 6. The van der Waals surface area contributed by atoms with Crippen molar-refractivity contribution < 1.29 is 32.1 Å². The zero-order chi connectivity index (χ0) is 15.7. The van der Waals surface area contributed by atoms with Crippen LogP contribution >= 0.6 is 0 Å². The molecule has 0 spiro atoms. The summed E-state index contributed by atoms with van der Waals surface area (Å²) < 4.78 is 58.4. The Morgan fingerprint density at radius 3 is 2.57 bits per heavy atom. The van der Waals surface area contributed by atoms with Crippen LogP contribution in [0.2, 0.25) is 0 Å². The molecule has 7 heteroatoms. The second kappa shape index (κ2) is 8.49. The number of ether oxygens (including phenoxy) is 2. The summed E-state index contributed by atoms with van der Waals surface area (Å²) >= 11 is 0. The normalized spacial score (nSPS) is 10.9. The Kier molecular flexibility index (Phi) is 6.99. The quantitative estimate of drug-likeness (QED) is 0.499. The number of benzene rings is 1. The first-order chi connectivity index (χ1) is 9.92. The molecule has 0 amide bonds. The fourth-order valence-corrected chi connectivity index (χ4v) is 1.36. The highest BCUT2D eigenvalue weighted by Gasteiger charge is 2.27. The van der Waals surface area contributed by atoms with Crippen molar-refractivity contribution >= 4 is 0 Å². The zero-order valence-corrected chi connectivity index (χ0v) is 11.0. The number of hydrogen-bond acceptors (Lipinski definition) is 3. The van der Waals surface area contributed by atoms with E-state index in [4.69, 9.17) is 9.84 Å². The van der Waals surface area contributed by atoms with E-state index in [0.717, 1.165) is 6.07 Å². The van der Waals surface area contributed by atoms with E-state index in [9.17, 15) is 17.6 Å². The molecule has 0 aliphatic carbocycles. The Bertz CT molecular complexity index is 503. The van der Waals surface area contributed by atoms with Crippen LogP contribution in [0.3, 0.4) is 0 Å². The zero-order valence-electron chi connectivity index (χ0n) is 11.0. The van der Waals surface area contributed by atoms with Gasteiger partial charge in [0.1, 0.15) is 24.8 Å². The van der Waals surface area contributed by atoms with Crippen LogP contribution in [-0.4, -0.2) is 37.7 Å². The lowest BCUT2D eigenvalue weighted by Crippen LogP contribution is -2.18. The third-order valence-electron chi connectivity index (χ3n) is 2.21. The molecule has 0 fully saturated rings. The van der Waals surface area contributed by atoms with Crippen LogP contribution in [-0.2, 0) is 4.74 Å². The molecule has 0 bridgehead atoms. The summed E-state index contributed by atoms with van der Waals surface area (Å²) in [6.07, 6.45) is -4.08. The average Bonchev–Trinajstić information content (AvgIpc) is 2.40. The maximum Gasteiger partial charge on any atom is 0.411 e. The molecule has 0 saturated heterocycles. The molecule has 0 atom stereocenters. The Morgan fingerprint density at radius 2 is 1.95 bits per heavy atom. The minimum atomic E-state index is -4.34. The topological polar surface area (TPSA) is 38.7 Å². The maximum absolute atomic E-state index is 13.5. The van der Waals surface area contributed by atoms with E-state index < -0.39 is 18.6 Å². The minimum Gasteiger partial charge on any atom is -0.493 e. The van der Waals surface area contributed by atoms with Gasteiger partial charge >= 0.3 is 6.18 Å². The van der Waals surface area contributed by atoms with Crippen LogP contribution in [0.5, 0.6) is 5.75 Å². The third kappa shape index (κ3) is 7.54. The monoisotopic (exact) mass is 306 g/mol. The van der Waals surface area contributed by atoms with Gasteiger partial charge in [-0.15, -0.1) is 0 Å². The number of alkyl halides is 3. The van der Waals surface area contributed by atoms with E-state index in [1.165, 1.54) is 12.1 Å². The molecule has 21 heavy (non-hydrogen) atoms. The van der Waals surface area contributed by atoms with Gasteiger partial charge in [0.15, 0.2) is 0 Å². The Morgan fingerprint density at radius 1 is 1.19 bits per heavy atom. The highest BCUT2D eigenvalue weighted by Crippen LogP contribution is 2.17. The lowest BCUT2D eigenvalue weighted by atomic mass is 10.2. The van der Waals surface area contributed by atoms with Crippen molar-refractivity contribution in [2.45, 2.75) is 12.6 Å². The van der Waals surface area contributed by atoms with Gasteiger partial charge in [0.05, 0.1) is 18.8 Å². The molecule has 116 valence electrons. The fraction of sp³-hybridized carbons (Fsp3) is 0.429. The van der Waals surface area contributed by atoms with E-state index in [2.05, 4.69) is 16.6 Å². The SMILES string of the molecule is OCC#Cc1ccc(OCCCOCC(F)(F)F)cc1F. The Labute approximate surface area is 119 Å². The van der Waals surface area contributed by atoms with E-state index in [0.29, 0.717) is 0 Å². The highest BCUT2D eigenvalue weighted by molar-refractivity contribution is 5.39. The lowest BCUT2D eigenvalue weighted by Gasteiger charge is -2.09. The number of halogens is 4. The van der Waals surface area contributed by atoms with Gasteiger partial charge in [-0.05, 0) is 12.1 Å². The molecule has 0 radical (unpaired) electrons. The molecule has 3 nitrogen and oxygen atoms in total. The summed E-state index contributed by atoms with van der Waals surface area (Å²) in [5.41, 5.74) is 0.130. The first-order valence-corrected chi connectivity index (χ1v) is 6.09. The second-order valence-corrected chi connectivity index (χ2v) is 3.97. The van der Waals surface area contributed by atoms with Gasteiger partial charge in [-0.25, -0.2) is 4.39 Å². The van der Waals surface area contributed by atoms with Gasteiger partial charge in [0, 0.05) is 12.5 Å². The molecule has 0 unspecified atom stereocenters. The van der Waals surface area contributed by atoms with Gasteiger partial charge < -0.3 is 14.6 Å². The second-order valence-electron chi connectivity index (χ2n) is 3.97. The van der Waals surface area contributed by atoms with Crippen LogP contribution in [0.15, 0.2) is 18.2 Å². The van der Waals surface area contributed by atoms with Crippen LogP contribution < -0.4 is 4.74 Å². The van der Waals surface area contributed by atoms with Crippen LogP contribution in [0.4, 0.5) is 17.6 Å². The van der Waals surface area contributed by atoms with Crippen molar-refractivity contribution in [3.8, 4) is 17.6 Å². The molecule has 0 aliphatic rings. The average molecular weight is 306 g/mol. The van der Waals surface area contributed by atoms with Gasteiger partial charge in [0.2, 0.25) is 0 Å². The minimum absolute atomic E-state index is 0.0952. The van der Waals surface area contributed by atoms with E-state index in [1.807, 2.05) is 0 Å². The van der Waals surface area contributed by atoms with Crippen LogP contribution in [0, 0.1) is 17.7 Å². The van der Waals surface area contributed by atoms with Crippen LogP contribution in [0.25, 0.3) is 0 Å². The van der Waals surface area contributed by atoms with Gasteiger partial charge in [-0.3, -0.25) is 0 Å². The van der Waals surface area contributed by atoms with Crippen molar-refractivity contribution in [1.29, 1.82) is 0 Å². The van der Waals surface area contributed by atoms with Crippen LogP contribution in [0.1, 0.15) is 12.0 Å². The van der Waals surface area contributed by atoms with Gasteiger partial charge in [-0.1, -0.05) is 11.8 Å². The number of aliphatic hydroxyl groups is 1. The molecule has 0 saturated carbocycles. The van der Waals surface area contributed by atoms with Gasteiger partial charge in [-0.2, -0.15) is 13.2 Å². The smallest absolute Gasteiger partial charge is 0.411 e. The molecule has 0 aromatic heterocycles. The summed E-state index contributed by atoms with van der Waals surface area (Å²) in [4.78, 5) is 0. The lowest BCUT2D eigenvalue weighted by molar-refractivity contribution is -0.174. The maximum atomic E-state index is 13.5. The summed E-state index contributed by atoms with van der Waals surface area (Å²) in [6.45, 7) is -1.64. The van der Waals surface area contributed by atoms with Crippen molar-refractivity contribution in [2.24, 2.45) is 0 Å². The van der Waals surface area contributed by atoms with E-state index in [-0.39, 0.29) is 37.6 Å². The first kappa shape index (κ1) is 17.3. The van der Waals surface area contributed by atoms with Crippen molar-refractivity contribution in [2.75, 3.05) is 26.4 Å². The molecule has 1 N–H and O–H groups in total. The summed E-state index contributed by atoms with van der Waals surface area (Å²) in [6, 6.07) is 4.01. The molecule has 0 aliphatic heterocycles. The predicted octanol–water partition coefficient (Wildman–Crippen LogP) is 2.52. The Balaban J connectivity index is 2.31. The number of aliphatic hydroxyl groups excluding tert-OH is 1. The molecular formula is C14H14F4O3. The highest BCUT2D eigenvalue weighted by atomic mass is 19.4. The molecule has 1 aromatic rings. The summed E-state index contributed by atoms with van der Waals surface area (Å²) in [7, 11) is 0. The largest absolute Gasteiger partial charge is 0.493 e. The predicted molar refractivity (Wildman–Crippen MR) is 67.3 cm³/mol. The third-order valence-corrected chi connectivity index (χ3v) is 2.21. The molecule has 1 rings (SSSR count). The van der Waals surface area contributed by atoms with E-state index >= 15 is 0 Å². The summed E-state index contributed by atoms with van der Waals surface area (Å²) in [5, 5.41) is 8.51. The number of hydrogen-bond donors (Lipinski definition) is 1. The van der Waals surface area contributed by atoms with Gasteiger partial charge in [0.25, 0.3) is 0 Å². The van der Waals surface area contributed by atoms with E-state index in [1.54, 1.807) is 0 Å². The Hall–Kier alpha value is -1.78. The van der Waals surface area contributed by atoms with Crippen molar-refractivity contribution in [3.63, 3.8) is 0 Å².